The van der Waals surface area contributed by atoms with E-state index in [1.54, 1.807) is 0 Å². The van der Waals surface area contributed by atoms with Gasteiger partial charge in [0.25, 0.3) is 0 Å². The molecule has 2 aromatic rings. The summed E-state index contributed by atoms with van der Waals surface area (Å²) in [5.74, 6) is 0. The molecular formula is C20H27P. The summed E-state index contributed by atoms with van der Waals surface area (Å²) < 4.78 is 0. The summed E-state index contributed by atoms with van der Waals surface area (Å²) >= 11 is 0. The third kappa shape index (κ3) is 4.29. The molecule has 0 heterocycles. The normalized spacial score (nSPS) is 12.1. The first-order valence-electron chi connectivity index (χ1n) is 7.96. The number of rotatable bonds is 7. The van der Waals surface area contributed by atoms with Crippen molar-refractivity contribution in [1.82, 2.24) is 0 Å². The molecule has 2 aromatic carbocycles. The molecule has 0 unspecified atom stereocenters. The van der Waals surface area contributed by atoms with Gasteiger partial charge in [-0.15, -0.1) is 0 Å². The second kappa shape index (κ2) is 7.57. The van der Waals surface area contributed by atoms with Gasteiger partial charge in [0.05, 0.1) is 0 Å². The predicted molar refractivity (Wildman–Crippen MR) is 99.8 cm³/mol. The Balaban J connectivity index is 2.18. The summed E-state index contributed by atoms with van der Waals surface area (Å²) in [5.41, 5.74) is 4.21. The fourth-order valence-electron chi connectivity index (χ4n) is 3.05. The van der Waals surface area contributed by atoms with Crippen molar-refractivity contribution in [3.05, 3.63) is 77.9 Å². The van der Waals surface area contributed by atoms with Gasteiger partial charge in [-0.3, -0.25) is 0 Å². The number of benzene rings is 2. The van der Waals surface area contributed by atoms with Crippen molar-refractivity contribution in [3.63, 3.8) is 0 Å². The number of hydrogen-bond donors (Lipinski definition) is 0. The molecule has 0 aliphatic carbocycles. The topological polar surface area (TPSA) is 0 Å². The Hall–Kier alpha value is -1.39. The minimum absolute atomic E-state index is 1.21. The quantitative estimate of drug-likeness (QED) is 0.565. The molecule has 21 heavy (non-hydrogen) atoms. The Kier molecular flexibility index (Phi) is 5.76. The van der Waals surface area contributed by atoms with E-state index in [1.165, 1.54) is 41.3 Å². The van der Waals surface area contributed by atoms with Crippen LogP contribution in [0.15, 0.2) is 61.2 Å². The molecule has 0 fully saturated rings. The van der Waals surface area contributed by atoms with Crippen molar-refractivity contribution in [3.8, 4) is 0 Å². The van der Waals surface area contributed by atoms with E-state index in [-0.39, 0.29) is 0 Å². The molecule has 0 atom stereocenters. The van der Waals surface area contributed by atoms with Crippen LogP contribution in [-0.2, 0) is 12.3 Å². The zero-order chi connectivity index (χ0) is 15.1. The Labute approximate surface area is 130 Å². The van der Waals surface area contributed by atoms with Gasteiger partial charge in [-0.05, 0) is 0 Å². The molecule has 112 valence electrons. The molecule has 0 bridgehead atoms. The molecule has 0 aromatic heterocycles. The van der Waals surface area contributed by atoms with Gasteiger partial charge in [0, 0.05) is 0 Å². The Bertz CT molecular complexity index is 550. The maximum absolute atomic E-state index is 3.83. The molecule has 1 heteroatoms. The Morgan fingerprint density at radius 1 is 0.810 bits per heavy atom. The van der Waals surface area contributed by atoms with Crippen LogP contribution in [0.5, 0.6) is 0 Å². The van der Waals surface area contributed by atoms with Crippen LogP contribution in [0.3, 0.4) is 0 Å². The predicted octanol–water partition coefficient (Wildman–Crippen LogP) is 5.82. The van der Waals surface area contributed by atoms with Crippen LogP contribution in [0.4, 0.5) is 0 Å². The van der Waals surface area contributed by atoms with E-state index in [0.717, 1.165) is 0 Å². The first kappa shape index (κ1) is 16.0. The van der Waals surface area contributed by atoms with E-state index >= 15 is 0 Å². The van der Waals surface area contributed by atoms with E-state index in [0.29, 0.717) is 0 Å². The standard InChI is InChI=1S/C20H27P/c1-4-18-12-14-20(15-13-18)17-21(5-2,6-3)16-19-10-8-7-9-11-19/h4,7-15,21H,1,5-6,16-17H2,2-3H3. The summed E-state index contributed by atoms with van der Waals surface area (Å²) in [5, 5.41) is 0. The van der Waals surface area contributed by atoms with Crippen molar-refractivity contribution in [2.24, 2.45) is 0 Å². The SMILES string of the molecule is C=Cc1ccc(C[PH](CC)(CC)Cc2ccccc2)cc1. The molecule has 0 amide bonds. The average molecular weight is 298 g/mol. The van der Waals surface area contributed by atoms with E-state index in [1.807, 2.05) is 6.08 Å². The molecule has 0 saturated carbocycles. The van der Waals surface area contributed by atoms with Gasteiger partial charge in [0.2, 0.25) is 0 Å². The Morgan fingerprint density at radius 3 is 1.81 bits per heavy atom. The van der Waals surface area contributed by atoms with Crippen LogP contribution in [0.1, 0.15) is 30.5 Å². The minimum atomic E-state index is -1.28. The van der Waals surface area contributed by atoms with E-state index in [4.69, 9.17) is 0 Å². The molecule has 0 nitrogen and oxygen atoms in total. The van der Waals surface area contributed by atoms with Gasteiger partial charge in [0.1, 0.15) is 0 Å². The summed E-state index contributed by atoms with van der Waals surface area (Å²) in [4.78, 5) is 0. The third-order valence-corrected chi connectivity index (χ3v) is 10.0. The van der Waals surface area contributed by atoms with Crippen LogP contribution in [0, 0.1) is 0 Å². The van der Waals surface area contributed by atoms with Crippen molar-refractivity contribution in [2.75, 3.05) is 12.3 Å². The zero-order valence-corrected chi connectivity index (χ0v) is 14.3. The van der Waals surface area contributed by atoms with Gasteiger partial charge in [0.15, 0.2) is 0 Å². The van der Waals surface area contributed by atoms with E-state index in [2.05, 4.69) is 75.0 Å². The maximum atomic E-state index is 3.83. The summed E-state index contributed by atoms with van der Waals surface area (Å²) in [6.07, 6.45) is 7.19. The van der Waals surface area contributed by atoms with Crippen molar-refractivity contribution in [1.29, 1.82) is 0 Å². The second-order valence-electron chi connectivity index (χ2n) is 5.99. The van der Waals surface area contributed by atoms with Crippen LogP contribution >= 0.6 is 7.26 Å². The van der Waals surface area contributed by atoms with Crippen LogP contribution in [0.2, 0.25) is 0 Å². The molecule has 0 aliphatic heterocycles. The summed E-state index contributed by atoms with van der Waals surface area (Å²) in [6, 6.07) is 20.0. The first-order chi connectivity index (χ1) is 10.2. The average Bonchev–Trinajstić information content (AvgIpc) is 2.56. The van der Waals surface area contributed by atoms with Gasteiger partial charge in [-0.1, -0.05) is 0 Å². The Morgan fingerprint density at radius 2 is 1.33 bits per heavy atom. The third-order valence-electron chi connectivity index (χ3n) is 4.72. The fraction of sp³-hybridized carbons (Fsp3) is 0.300. The van der Waals surface area contributed by atoms with E-state index in [9.17, 15) is 0 Å². The first-order valence-corrected chi connectivity index (χ1v) is 10.8. The summed E-state index contributed by atoms with van der Waals surface area (Å²) in [6.45, 7) is 8.60. The van der Waals surface area contributed by atoms with Gasteiger partial charge >= 0.3 is 130 Å². The van der Waals surface area contributed by atoms with Crippen molar-refractivity contribution in [2.45, 2.75) is 26.2 Å². The van der Waals surface area contributed by atoms with Gasteiger partial charge in [-0.2, -0.15) is 0 Å². The number of hydrogen-bond acceptors (Lipinski definition) is 0. The molecule has 0 N–H and O–H groups in total. The molecule has 0 radical (unpaired) electrons. The molecule has 0 aliphatic rings. The second-order valence-corrected chi connectivity index (χ2v) is 11.1. The van der Waals surface area contributed by atoms with Gasteiger partial charge < -0.3 is 0 Å². The zero-order valence-electron chi connectivity index (χ0n) is 13.3. The van der Waals surface area contributed by atoms with Gasteiger partial charge in [-0.25, -0.2) is 0 Å². The van der Waals surface area contributed by atoms with Crippen molar-refractivity contribution >= 4 is 13.3 Å². The van der Waals surface area contributed by atoms with Crippen LogP contribution < -0.4 is 0 Å². The molecule has 2 rings (SSSR count). The molecular weight excluding hydrogens is 271 g/mol. The van der Waals surface area contributed by atoms with Crippen LogP contribution in [-0.4, -0.2) is 12.3 Å². The monoisotopic (exact) mass is 298 g/mol. The summed E-state index contributed by atoms with van der Waals surface area (Å²) in [7, 11) is -1.28. The fourth-order valence-corrected chi connectivity index (χ4v) is 6.87. The van der Waals surface area contributed by atoms with Crippen LogP contribution in [0.25, 0.3) is 6.08 Å². The van der Waals surface area contributed by atoms with Crippen molar-refractivity contribution < 1.29 is 0 Å². The van der Waals surface area contributed by atoms with E-state index < -0.39 is 7.26 Å². The molecule has 0 saturated heterocycles. The molecule has 0 spiro atoms.